The standard InChI is InChI=1S/C18H12N2O/c21-18-15-10-6-9-14(13-7-2-1-3-8-13)17(15)19-16-11-4-5-12-20(16)18/h1-12H. The number of pyridine rings is 1. The van der Waals surface area contributed by atoms with Crippen molar-refractivity contribution in [2.24, 2.45) is 0 Å². The fraction of sp³-hybridized carbons (Fsp3) is 0. The van der Waals surface area contributed by atoms with E-state index in [1.807, 2.05) is 66.7 Å². The van der Waals surface area contributed by atoms with Crippen LogP contribution in [0.2, 0.25) is 0 Å². The Kier molecular flexibility index (Phi) is 2.57. The van der Waals surface area contributed by atoms with Crippen molar-refractivity contribution < 1.29 is 0 Å². The number of hydrogen-bond acceptors (Lipinski definition) is 2. The molecule has 0 spiro atoms. The first-order valence-corrected chi connectivity index (χ1v) is 6.80. The lowest BCUT2D eigenvalue weighted by atomic mass is 10.0. The Balaban J connectivity index is 2.18. The highest BCUT2D eigenvalue weighted by molar-refractivity contribution is 5.94. The molecule has 4 aromatic rings. The van der Waals surface area contributed by atoms with Crippen molar-refractivity contribution in [1.29, 1.82) is 0 Å². The highest BCUT2D eigenvalue weighted by atomic mass is 16.1. The van der Waals surface area contributed by atoms with Crippen LogP contribution in [-0.4, -0.2) is 9.38 Å². The summed E-state index contributed by atoms with van der Waals surface area (Å²) in [5.41, 5.74) is 3.43. The van der Waals surface area contributed by atoms with Gasteiger partial charge in [0.25, 0.3) is 5.56 Å². The van der Waals surface area contributed by atoms with Crippen LogP contribution in [0.3, 0.4) is 0 Å². The van der Waals surface area contributed by atoms with E-state index < -0.39 is 0 Å². The van der Waals surface area contributed by atoms with Gasteiger partial charge in [-0.1, -0.05) is 48.5 Å². The molecule has 4 rings (SSSR count). The van der Waals surface area contributed by atoms with Gasteiger partial charge in [-0.15, -0.1) is 0 Å². The molecule has 0 unspecified atom stereocenters. The van der Waals surface area contributed by atoms with Crippen LogP contribution >= 0.6 is 0 Å². The summed E-state index contributed by atoms with van der Waals surface area (Å²) in [6, 6.07) is 21.3. The van der Waals surface area contributed by atoms with Crippen LogP contribution in [0.25, 0.3) is 27.7 Å². The highest BCUT2D eigenvalue weighted by Crippen LogP contribution is 2.25. The van der Waals surface area contributed by atoms with Gasteiger partial charge in [-0.2, -0.15) is 0 Å². The Morgan fingerprint density at radius 3 is 2.48 bits per heavy atom. The maximum atomic E-state index is 12.6. The zero-order valence-electron chi connectivity index (χ0n) is 11.2. The molecule has 3 heteroatoms. The van der Waals surface area contributed by atoms with Gasteiger partial charge >= 0.3 is 0 Å². The van der Waals surface area contributed by atoms with E-state index in [0.717, 1.165) is 16.6 Å². The minimum absolute atomic E-state index is 0.0339. The first-order valence-electron chi connectivity index (χ1n) is 6.80. The molecule has 2 aromatic heterocycles. The molecule has 0 fully saturated rings. The second-order valence-corrected chi connectivity index (χ2v) is 4.91. The van der Waals surface area contributed by atoms with Crippen molar-refractivity contribution >= 4 is 16.6 Å². The SMILES string of the molecule is O=c1c2cccc(-c3ccccc3)c2nc2ccccn12. The van der Waals surface area contributed by atoms with Crippen molar-refractivity contribution in [2.75, 3.05) is 0 Å². The Labute approximate surface area is 121 Å². The number of benzene rings is 2. The predicted octanol–water partition coefficient (Wildman–Crippen LogP) is 3.51. The minimum Gasteiger partial charge on any atom is -0.268 e. The van der Waals surface area contributed by atoms with E-state index in [2.05, 4.69) is 4.98 Å². The number of rotatable bonds is 1. The first kappa shape index (κ1) is 11.9. The molecular formula is C18H12N2O. The molecule has 2 heterocycles. The molecule has 2 aromatic carbocycles. The van der Waals surface area contributed by atoms with Gasteiger partial charge in [-0.25, -0.2) is 4.98 Å². The van der Waals surface area contributed by atoms with E-state index in [1.165, 1.54) is 0 Å². The molecule has 100 valence electrons. The van der Waals surface area contributed by atoms with Crippen molar-refractivity contribution in [2.45, 2.75) is 0 Å². The van der Waals surface area contributed by atoms with E-state index in [1.54, 1.807) is 10.6 Å². The van der Waals surface area contributed by atoms with Crippen molar-refractivity contribution in [3.8, 4) is 11.1 Å². The Morgan fingerprint density at radius 1 is 0.810 bits per heavy atom. The van der Waals surface area contributed by atoms with Gasteiger partial charge in [0.05, 0.1) is 10.9 Å². The zero-order valence-corrected chi connectivity index (χ0v) is 11.2. The lowest BCUT2D eigenvalue weighted by Crippen LogP contribution is -2.14. The monoisotopic (exact) mass is 272 g/mol. The van der Waals surface area contributed by atoms with Gasteiger partial charge < -0.3 is 0 Å². The molecule has 0 aliphatic heterocycles. The summed E-state index contributed by atoms with van der Waals surface area (Å²) in [5.74, 6) is 0. The third kappa shape index (κ3) is 1.82. The molecular weight excluding hydrogens is 260 g/mol. The lowest BCUT2D eigenvalue weighted by molar-refractivity contribution is 1.08. The molecule has 0 saturated carbocycles. The molecule has 0 bridgehead atoms. The second kappa shape index (κ2) is 4.56. The van der Waals surface area contributed by atoms with Crippen LogP contribution in [-0.2, 0) is 0 Å². The molecule has 21 heavy (non-hydrogen) atoms. The molecule has 0 aliphatic carbocycles. The third-order valence-corrected chi connectivity index (χ3v) is 3.63. The first-order chi connectivity index (χ1) is 10.3. The summed E-state index contributed by atoms with van der Waals surface area (Å²) in [4.78, 5) is 17.3. The number of fused-ring (bicyclic) bond motifs is 2. The summed E-state index contributed by atoms with van der Waals surface area (Å²) in [5, 5.41) is 0.639. The molecule has 3 nitrogen and oxygen atoms in total. The Bertz CT molecular complexity index is 1000. The fourth-order valence-electron chi connectivity index (χ4n) is 2.63. The summed E-state index contributed by atoms with van der Waals surface area (Å²) < 4.78 is 1.58. The van der Waals surface area contributed by atoms with Gasteiger partial charge in [0, 0.05) is 11.8 Å². The van der Waals surface area contributed by atoms with E-state index in [0.29, 0.717) is 11.0 Å². The summed E-state index contributed by atoms with van der Waals surface area (Å²) in [6.45, 7) is 0. The van der Waals surface area contributed by atoms with Crippen LogP contribution in [0.15, 0.2) is 77.7 Å². The number of para-hydroxylation sites is 1. The molecule has 0 radical (unpaired) electrons. The average Bonchev–Trinajstić information content (AvgIpc) is 2.56. The zero-order chi connectivity index (χ0) is 14.2. The smallest absolute Gasteiger partial charge is 0.265 e. The number of aromatic nitrogens is 2. The highest BCUT2D eigenvalue weighted by Gasteiger charge is 2.09. The van der Waals surface area contributed by atoms with Crippen molar-refractivity contribution in [3.63, 3.8) is 0 Å². The average molecular weight is 272 g/mol. The van der Waals surface area contributed by atoms with Gasteiger partial charge in [-0.05, 0) is 23.8 Å². The van der Waals surface area contributed by atoms with Gasteiger partial charge in [-0.3, -0.25) is 9.20 Å². The second-order valence-electron chi connectivity index (χ2n) is 4.91. The number of nitrogens with zero attached hydrogens (tertiary/aromatic N) is 2. The quantitative estimate of drug-likeness (QED) is 0.497. The minimum atomic E-state index is -0.0339. The molecule has 0 atom stereocenters. The number of hydrogen-bond donors (Lipinski definition) is 0. The maximum absolute atomic E-state index is 12.6. The van der Waals surface area contributed by atoms with Crippen LogP contribution in [0.1, 0.15) is 0 Å². The van der Waals surface area contributed by atoms with Crippen LogP contribution in [0.4, 0.5) is 0 Å². The van der Waals surface area contributed by atoms with Gasteiger partial charge in [0.1, 0.15) is 5.65 Å². The summed E-state index contributed by atoms with van der Waals surface area (Å²) in [6.07, 6.45) is 1.75. The topological polar surface area (TPSA) is 34.4 Å². The molecule has 0 aliphatic rings. The van der Waals surface area contributed by atoms with E-state index in [4.69, 9.17) is 0 Å². The molecule has 0 saturated heterocycles. The normalized spacial score (nSPS) is 11.0. The Morgan fingerprint density at radius 2 is 1.62 bits per heavy atom. The van der Waals surface area contributed by atoms with E-state index in [9.17, 15) is 4.79 Å². The van der Waals surface area contributed by atoms with E-state index in [-0.39, 0.29) is 5.56 Å². The predicted molar refractivity (Wildman–Crippen MR) is 84.4 cm³/mol. The van der Waals surface area contributed by atoms with Gasteiger partial charge in [0.2, 0.25) is 0 Å². The third-order valence-electron chi connectivity index (χ3n) is 3.63. The maximum Gasteiger partial charge on any atom is 0.265 e. The van der Waals surface area contributed by atoms with Crippen molar-refractivity contribution in [3.05, 3.63) is 83.3 Å². The lowest BCUT2D eigenvalue weighted by Gasteiger charge is -2.07. The van der Waals surface area contributed by atoms with Crippen LogP contribution in [0, 0.1) is 0 Å². The summed E-state index contributed by atoms with van der Waals surface area (Å²) >= 11 is 0. The molecule has 0 amide bonds. The van der Waals surface area contributed by atoms with Gasteiger partial charge in [0.15, 0.2) is 0 Å². The van der Waals surface area contributed by atoms with Crippen molar-refractivity contribution in [1.82, 2.24) is 9.38 Å². The van der Waals surface area contributed by atoms with E-state index >= 15 is 0 Å². The van der Waals surface area contributed by atoms with Crippen LogP contribution in [0.5, 0.6) is 0 Å². The Hall–Kier alpha value is -2.94. The molecule has 0 N–H and O–H groups in total. The van der Waals surface area contributed by atoms with Crippen LogP contribution < -0.4 is 5.56 Å². The summed E-state index contributed by atoms with van der Waals surface area (Å²) in [7, 11) is 0. The largest absolute Gasteiger partial charge is 0.268 e. The fourth-order valence-corrected chi connectivity index (χ4v) is 2.63.